The first-order valence-corrected chi connectivity index (χ1v) is 6.26. The third kappa shape index (κ3) is 2.38. The van der Waals surface area contributed by atoms with Crippen LogP contribution in [0.3, 0.4) is 0 Å². The predicted octanol–water partition coefficient (Wildman–Crippen LogP) is 3.50. The third-order valence-corrected chi connectivity index (χ3v) is 2.95. The van der Waals surface area contributed by atoms with Crippen molar-refractivity contribution in [1.82, 2.24) is 9.97 Å². The molecule has 4 heteroatoms. The molecule has 1 aromatic heterocycles. The standard InChI is InChI=1S/C15H15N3O/c1-2-15-17-13-8-7-12(9-14(13)18-15)19-11-5-3-10(16)4-6-11/h3-9H,2,16H2,1H3,(H,17,18). The summed E-state index contributed by atoms with van der Waals surface area (Å²) in [6.07, 6.45) is 0.892. The Balaban J connectivity index is 1.90. The van der Waals surface area contributed by atoms with Crippen LogP contribution in [0.4, 0.5) is 5.69 Å². The van der Waals surface area contributed by atoms with E-state index in [4.69, 9.17) is 10.5 Å². The number of nitrogens with one attached hydrogen (secondary N) is 1. The van der Waals surface area contributed by atoms with Crippen LogP contribution in [0.25, 0.3) is 11.0 Å². The highest BCUT2D eigenvalue weighted by molar-refractivity contribution is 5.76. The van der Waals surface area contributed by atoms with Gasteiger partial charge in [0.15, 0.2) is 0 Å². The molecule has 0 saturated carbocycles. The summed E-state index contributed by atoms with van der Waals surface area (Å²) in [7, 11) is 0. The van der Waals surface area contributed by atoms with Crippen LogP contribution in [0.1, 0.15) is 12.7 Å². The Kier molecular flexibility index (Phi) is 2.83. The molecule has 1 heterocycles. The molecule has 4 nitrogen and oxygen atoms in total. The zero-order chi connectivity index (χ0) is 13.2. The van der Waals surface area contributed by atoms with Crippen LogP contribution in [0, 0.1) is 0 Å². The van der Waals surface area contributed by atoms with Gasteiger partial charge in [-0.1, -0.05) is 6.92 Å². The van der Waals surface area contributed by atoms with Gasteiger partial charge in [-0.15, -0.1) is 0 Å². The van der Waals surface area contributed by atoms with Gasteiger partial charge in [0.1, 0.15) is 17.3 Å². The highest BCUT2D eigenvalue weighted by Crippen LogP contribution is 2.25. The van der Waals surface area contributed by atoms with Crippen LogP contribution in [0.5, 0.6) is 11.5 Å². The number of hydrogen-bond acceptors (Lipinski definition) is 3. The summed E-state index contributed by atoms with van der Waals surface area (Å²) in [4.78, 5) is 7.73. The van der Waals surface area contributed by atoms with Crippen molar-refractivity contribution in [2.75, 3.05) is 5.73 Å². The van der Waals surface area contributed by atoms with E-state index >= 15 is 0 Å². The Morgan fingerprint density at radius 1 is 1.11 bits per heavy atom. The lowest BCUT2D eigenvalue weighted by Gasteiger charge is -2.05. The van der Waals surface area contributed by atoms with E-state index in [1.165, 1.54) is 0 Å². The van der Waals surface area contributed by atoms with E-state index in [1.54, 1.807) is 0 Å². The van der Waals surface area contributed by atoms with Gasteiger partial charge in [0, 0.05) is 18.2 Å². The molecule has 0 aliphatic heterocycles. The maximum atomic E-state index is 5.78. The molecule has 2 aromatic carbocycles. The zero-order valence-electron chi connectivity index (χ0n) is 10.7. The van der Waals surface area contributed by atoms with Crippen LogP contribution < -0.4 is 10.5 Å². The average molecular weight is 253 g/mol. The summed E-state index contributed by atoms with van der Waals surface area (Å²) in [6, 6.07) is 13.2. The van der Waals surface area contributed by atoms with Gasteiger partial charge in [0.25, 0.3) is 0 Å². The van der Waals surface area contributed by atoms with Gasteiger partial charge in [0.2, 0.25) is 0 Å². The minimum absolute atomic E-state index is 0.726. The topological polar surface area (TPSA) is 63.9 Å². The summed E-state index contributed by atoms with van der Waals surface area (Å²) in [6.45, 7) is 2.07. The Hall–Kier alpha value is -2.49. The first-order valence-electron chi connectivity index (χ1n) is 6.26. The third-order valence-electron chi connectivity index (χ3n) is 2.95. The number of imidazole rings is 1. The Bertz CT molecular complexity index is 701. The Labute approximate surface area is 111 Å². The number of fused-ring (bicyclic) bond motifs is 1. The average Bonchev–Trinajstić information content (AvgIpc) is 2.83. The van der Waals surface area contributed by atoms with Gasteiger partial charge >= 0.3 is 0 Å². The minimum atomic E-state index is 0.726. The summed E-state index contributed by atoms with van der Waals surface area (Å²) in [5.74, 6) is 2.53. The van der Waals surface area contributed by atoms with Crippen LogP contribution in [0.15, 0.2) is 42.5 Å². The number of rotatable bonds is 3. The number of anilines is 1. The number of hydrogen-bond donors (Lipinski definition) is 2. The Morgan fingerprint density at radius 2 is 1.84 bits per heavy atom. The number of aromatic nitrogens is 2. The van der Waals surface area contributed by atoms with Gasteiger partial charge < -0.3 is 15.5 Å². The van der Waals surface area contributed by atoms with Crippen molar-refractivity contribution in [2.45, 2.75) is 13.3 Å². The van der Waals surface area contributed by atoms with E-state index in [9.17, 15) is 0 Å². The molecule has 0 aliphatic carbocycles. The van der Waals surface area contributed by atoms with Gasteiger partial charge in [0.05, 0.1) is 11.0 Å². The fraction of sp³-hybridized carbons (Fsp3) is 0.133. The van der Waals surface area contributed by atoms with Crippen molar-refractivity contribution < 1.29 is 4.74 Å². The smallest absolute Gasteiger partial charge is 0.129 e. The molecule has 0 bridgehead atoms. The first-order chi connectivity index (χ1) is 9.24. The van der Waals surface area contributed by atoms with E-state index in [2.05, 4.69) is 16.9 Å². The quantitative estimate of drug-likeness (QED) is 0.702. The fourth-order valence-electron chi connectivity index (χ4n) is 1.94. The number of nitrogen functional groups attached to an aromatic ring is 1. The molecule has 0 aliphatic rings. The maximum absolute atomic E-state index is 5.78. The minimum Gasteiger partial charge on any atom is -0.457 e. The van der Waals surface area contributed by atoms with Gasteiger partial charge in [-0.3, -0.25) is 0 Å². The van der Waals surface area contributed by atoms with E-state index in [-0.39, 0.29) is 0 Å². The van der Waals surface area contributed by atoms with Crippen molar-refractivity contribution in [3.05, 3.63) is 48.3 Å². The number of nitrogens with two attached hydrogens (primary N) is 1. The first kappa shape index (κ1) is 11.6. The molecule has 3 N–H and O–H groups in total. The molecule has 0 saturated heterocycles. The molecule has 0 fully saturated rings. The molecule has 96 valence electrons. The number of ether oxygens (including phenoxy) is 1. The lowest BCUT2D eigenvalue weighted by molar-refractivity contribution is 0.483. The van der Waals surface area contributed by atoms with Crippen LogP contribution in [0.2, 0.25) is 0 Å². The zero-order valence-corrected chi connectivity index (χ0v) is 10.7. The van der Waals surface area contributed by atoms with Crippen LogP contribution in [-0.4, -0.2) is 9.97 Å². The SMILES string of the molecule is CCc1nc2ccc(Oc3ccc(N)cc3)cc2[nH]1. The highest BCUT2D eigenvalue weighted by Gasteiger charge is 2.03. The molecule has 0 radical (unpaired) electrons. The molecule has 0 atom stereocenters. The van der Waals surface area contributed by atoms with Crippen LogP contribution in [-0.2, 0) is 6.42 Å². The summed E-state index contributed by atoms with van der Waals surface area (Å²) in [5.41, 5.74) is 8.32. The molecule has 19 heavy (non-hydrogen) atoms. The van der Waals surface area contributed by atoms with Crippen LogP contribution >= 0.6 is 0 Å². The largest absolute Gasteiger partial charge is 0.457 e. The molecular weight excluding hydrogens is 238 g/mol. The Morgan fingerprint density at radius 3 is 2.58 bits per heavy atom. The van der Waals surface area contributed by atoms with E-state index < -0.39 is 0 Å². The molecular formula is C15H15N3O. The molecule has 3 rings (SSSR count). The fourth-order valence-corrected chi connectivity index (χ4v) is 1.94. The number of aryl methyl sites for hydroxylation is 1. The van der Waals surface area contributed by atoms with E-state index in [0.717, 1.165) is 40.5 Å². The van der Waals surface area contributed by atoms with E-state index in [0.29, 0.717) is 0 Å². The van der Waals surface area contributed by atoms with Gasteiger partial charge in [-0.25, -0.2) is 4.98 Å². The predicted molar refractivity (Wildman–Crippen MR) is 76.4 cm³/mol. The number of H-pyrrole nitrogens is 1. The summed E-state index contributed by atoms with van der Waals surface area (Å²) >= 11 is 0. The monoisotopic (exact) mass is 253 g/mol. The number of nitrogens with zero attached hydrogens (tertiary/aromatic N) is 1. The molecule has 3 aromatic rings. The normalized spacial score (nSPS) is 10.8. The highest BCUT2D eigenvalue weighted by atomic mass is 16.5. The van der Waals surface area contributed by atoms with Gasteiger partial charge in [-0.2, -0.15) is 0 Å². The molecule has 0 unspecified atom stereocenters. The second-order valence-electron chi connectivity index (χ2n) is 4.39. The second kappa shape index (κ2) is 4.65. The summed E-state index contributed by atoms with van der Waals surface area (Å²) in [5, 5.41) is 0. The summed E-state index contributed by atoms with van der Waals surface area (Å²) < 4.78 is 5.78. The lowest BCUT2D eigenvalue weighted by Crippen LogP contribution is -1.86. The van der Waals surface area contributed by atoms with Crippen molar-refractivity contribution in [3.63, 3.8) is 0 Å². The van der Waals surface area contributed by atoms with Crippen molar-refractivity contribution in [1.29, 1.82) is 0 Å². The van der Waals surface area contributed by atoms with Gasteiger partial charge in [-0.05, 0) is 36.4 Å². The van der Waals surface area contributed by atoms with Crippen molar-refractivity contribution in [2.24, 2.45) is 0 Å². The van der Waals surface area contributed by atoms with Crippen molar-refractivity contribution in [3.8, 4) is 11.5 Å². The molecule has 0 amide bonds. The second-order valence-corrected chi connectivity index (χ2v) is 4.39. The van der Waals surface area contributed by atoms with E-state index in [1.807, 2.05) is 42.5 Å². The number of benzene rings is 2. The van der Waals surface area contributed by atoms with Crippen molar-refractivity contribution >= 4 is 16.7 Å². The number of aromatic amines is 1. The maximum Gasteiger partial charge on any atom is 0.129 e. The molecule has 0 spiro atoms. The lowest BCUT2D eigenvalue weighted by atomic mass is 10.3.